The van der Waals surface area contributed by atoms with Gasteiger partial charge in [0.1, 0.15) is 17.0 Å². The summed E-state index contributed by atoms with van der Waals surface area (Å²) in [5.41, 5.74) is 2.31. The van der Waals surface area contributed by atoms with Gasteiger partial charge < -0.3 is 19.3 Å². The van der Waals surface area contributed by atoms with Crippen LogP contribution in [0.5, 0.6) is 23.0 Å². The van der Waals surface area contributed by atoms with E-state index in [1.54, 1.807) is 37.7 Å². The topological polar surface area (TPSA) is 95.7 Å². The SMILES string of the molecule is COc1cccc(Oc2ccc(-c3nn([C@@H]4CCCC(C(=O)O)C4)c4c(OC)cncc34)cc2)c1F. The average Bonchev–Trinajstić information content (AvgIpc) is 3.30. The predicted octanol–water partition coefficient (Wildman–Crippen LogP) is 5.86. The third-order valence-electron chi connectivity index (χ3n) is 6.64. The van der Waals surface area contributed by atoms with Gasteiger partial charge in [-0.05, 0) is 55.7 Å². The van der Waals surface area contributed by atoms with E-state index in [2.05, 4.69) is 4.98 Å². The molecule has 1 fully saturated rings. The van der Waals surface area contributed by atoms with Gasteiger partial charge in [-0.2, -0.15) is 9.49 Å². The number of fused-ring (bicyclic) bond motifs is 1. The summed E-state index contributed by atoms with van der Waals surface area (Å²) in [7, 11) is 2.98. The van der Waals surface area contributed by atoms with Gasteiger partial charge in [0, 0.05) is 11.8 Å². The molecule has 0 bridgehead atoms. The molecule has 1 aliphatic rings. The zero-order valence-corrected chi connectivity index (χ0v) is 20.0. The number of pyridine rings is 1. The van der Waals surface area contributed by atoms with Gasteiger partial charge in [0.15, 0.2) is 17.2 Å². The average molecular weight is 492 g/mol. The fourth-order valence-electron chi connectivity index (χ4n) is 4.83. The van der Waals surface area contributed by atoms with Crippen molar-refractivity contribution in [1.29, 1.82) is 0 Å². The van der Waals surface area contributed by atoms with Crippen molar-refractivity contribution in [2.45, 2.75) is 31.7 Å². The second-order valence-corrected chi connectivity index (χ2v) is 8.79. The lowest BCUT2D eigenvalue weighted by molar-refractivity contribution is -0.143. The van der Waals surface area contributed by atoms with Gasteiger partial charge >= 0.3 is 5.97 Å². The minimum Gasteiger partial charge on any atom is -0.494 e. The molecule has 2 aromatic carbocycles. The van der Waals surface area contributed by atoms with Crippen LogP contribution in [0.1, 0.15) is 31.7 Å². The Morgan fingerprint density at radius 2 is 1.78 bits per heavy atom. The number of aromatic nitrogens is 3. The van der Waals surface area contributed by atoms with Crippen LogP contribution in [0.25, 0.3) is 22.2 Å². The summed E-state index contributed by atoms with van der Waals surface area (Å²) < 4.78 is 32.7. The van der Waals surface area contributed by atoms with Crippen molar-refractivity contribution in [3.8, 4) is 34.3 Å². The molecule has 4 aromatic rings. The highest BCUT2D eigenvalue weighted by Crippen LogP contribution is 2.40. The quantitative estimate of drug-likeness (QED) is 0.346. The standard InChI is InChI=1S/C27H26FN3O5/c1-34-21-7-4-8-22(24(21)28)36-19-11-9-16(10-12-19)25-20-14-29-15-23(35-2)26(20)31(30-25)18-6-3-5-17(13-18)27(32)33/h4,7-12,14-15,17-18H,3,5-6,13H2,1-2H3,(H,32,33)/t17?,18-/m1/s1. The van der Waals surface area contributed by atoms with E-state index >= 15 is 0 Å². The Kier molecular flexibility index (Phi) is 6.45. The van der Waals surface area contributed by atoms with E-state index in [4.69, 9.17) is 19.3 Å². The van der Waals surface area contributed by atoms with Crippen LogP contribution >= 0.6 is 0 Å². The predicted molar refractivity (Wildman–Crippen MR) is 131 cm³/mol. The van der Waals surface area contributed by atoms with E-state index < -0.39 is 17.7 Å². The van der Waals surface area contributed by atoms with Crippen LogP contribution in [0.2, 0.25) is 0 Å². The monoisotopic (exact) mass is 491 g/mol. The maximum Gasteiger partial charge on any atom is 0.306 e. The van der Waals surface area contributed by atoms with E-state index in [9.17, 15) is 14.3 Å². The van der Waals surface area contributed by atoms with Gasteiger partial charge in [0.2, 0.25) is 5.82 Å². The van der Waals surface area contributed by atoms with Crippen molar-refractivity contribution >= 4 is 16.9 Å². The van der Waals surface area contributed by atoms with E-state index in [0.717, 1.165) is 29.3 Å². The van der Waals surface area contributed by atoms with Gasteiger partial charge in [-0.1, -0.05) is 12.5 Å². The molecule has 1 unspecified atom stereocenters. The molecule has 9 heteroatoms. The molecule has 186 valence electrons. The van der Waals surface area contributed by atoms with E-state index in [1.807, 2.05) is 16.8 Å². The molecule has 1 aliphatic carbocycles. The Morgan fingerprint density at radius 3 is 2.50 bits per heavy atom. The molecule has 2 atom stereocenters. The smallest absolute Gasteiger partial charge is 0.306 e. The first-order chi connectivity index (χ1) is 17.5. The minimum atomic E-state index is -0.770. The number of carboxylic acids is 1. The molecule has 8 nitrogen and oxygen atoms in total. The highest BCUT2D eigenvalue weighted by molar-refractivity contribution is 5.96. The van der Waals surface area contributed by atoms with E-state index in [0.29, 0.717) is 30.0 Å². The molecule has 0 spiro atoms. The molecule has 5 rings (SSSR count). The fourth-order valence-corrected chi connectivity index (χ4v) is 4.83. The van der Waals surface area contributed by atoms with Gasteiger partial charge in [-0.25, -0.2) is 0 Å². The lowest BCUT2D eigenvalue weighted by Crippen LogP contribution is -2.25. The first kappa shape index (κ1) is 23.6. The summed E-state index contributed by atoms with van der Waals surface area (Å²) in [6, 6.07) is 11.8. The summed E-state index contributed by atoms with van der Waals surface area (Å²) in [5.74, 6) is -0.523. The van der Waals surface area contributed by atoms with Crippen molar-refractivity contribution in [3.63, 3.8) is 0 Å². The number of hydrogen-bond donors (Lipinski definition) is 1. The Labute approximate surface area is 207 Å². The molecule has 0 radical (unpaired) electrons. The van der Waals surface area contributed by atoms with Crippen LogP contribution in [0.3, 0.4) is 0 Å². The number of rotatable bonds is 7. The molecule has 36 heavy (non-hydrogen) atoms. The molecule has 0 saturated heterocycles. The molecular weight excluding hydrogens is 465 g/mol. The number of methoxy groups -OCH3 is 2. The van der Waals surface area contributed by atoms with Gasteiger partial charge in [-0.15, -0.1) is 0 Å². The van der Waals surface area contributed by atoms with Crippen LogP contribution in [0.4, 0.5) is 4.39 Å². The summed E-state index contributed by atoms with van der Waals surface area (Å²) in [6.45, 7) is 0. The van der Waals surface area contributed by atoms with Crippen molar-refractivity contribution in [2.75, 3.05) is 14.2 Å². The Morgan fingerprint density at radius 1 is 1.03 bits per heavy atom. The molecular formula is C27H26FN3O5. The number of carbonyl (C=O) groups is 1. The Bertz CT molecular complexity index is 1400. The van der Waals surface area contributed by atoms with Crippen LogP contribution < -0.4 is 14.2 Å². The zero-order valence-electron chi connectivity index (χ0n) is 20.0. The number of benzene rings is 2. The van der Waals surface area contributed by atoms with Crippen LogP contribution in [0.15, 0.2) is 54.9 Å². The molecule has 0 aliphatic heterocycles. The van der Waals surface area contributed by atoms with Crippen LogP contribution in [-0.4, -0.2) is 40.1 Å². The summed E-state index contributed by atoms with van der Waals surface area (Å²) in [4.78, 5) is 16.0. The molecule has 2 aromatic heterocycles. The van der Waals surface area contributed by atoms with Crippen LogP contribution in [0, 0.1) is 11.7 Å². The van der Waals surface area contributed by atoms with Crippen molar-refractivity contribution in [2.24, 2.45) is 5.92 Å². The summed E-state index contributed by atoms with van der Waals surface area (Å²) in [6.07, 6.45) is 6.22. The first-order valence-electron chi connectivity index (χ1n) is 11.7. The third kappa shape index (κ3) is 4.32. The molecule has 2 heterocycles. The second kappa shape index (κ2) is 9.85. The normalized spacial score (nSPS) is 17.6. The maximum absolute atomic E-state index is 14.5. The van der Waals surface area contributed by atoms with Crippen molar-refractivity contribution < 1.29 is 28.5 Å². The van der Waals surface area contributed by atoms with Crippen LogP contribution in [-0.2, 0) is 4.79 Å². The third-order valence-corrected chi connectivity index (χ3v) is 6.64. The van der Waals surface area contributed by atoms with Gasteiger partial charge in [0.25, 0.3) is 0 Å². The molecule has 0 amide bonds. The van der Waals surface area contributed by atoms with E-state index in [-0.39, 0.29) is 17.5 Å². The number of hydrogen-bond acceptors (Lipinski definition) is 6. The maximum atomic E-state index is 14.5. The number of halogens is 1. The number of nitrogens with zero attached hydrogens (tertiary/aromatic N) is 3. The van der Waals surface area contributed by atoms with Gasteiger partial charge in [-0.3, -0.25) is 14.5 Å². The van der Waals surface area contributed by atoms with Crippen molar-refractivity contribution in [3.05, 3.63) is 60.7 Å². The summed E-state index contributed by atoms with van der Waals surface area (Å²) in [5, 5.41) is 15.3. The van der Waals surface area contributed by atoms with Crippen molar-refractivity contribution in [1.82, 2.24) is 14.8 Å². The van der Waals surface area contributed by atoms with Gasteiger partial charge in [0.05, 0.1) is 37.8 Å². The Hall–Kier alpha value is -4.14. The lowest BCUT2D eigenvalue weighted by atomic mass is 9.86. The number of ether oxygens (including phenoxy) is 3. The lowest BCUT2D eigenvalue weighted by Gasteiger charge is -2.27. The fraction of sp³-hybridized carbons (Fsp3) is 0.296. The molecule has 1 saturated carbocycles. The second-order valence-electron chi connectivity index (χ2n) is 8.79. The highest BCUT2D eigenvalue weighted by atomic mass is 19.1. The minimum absolute atomic E-state index is 0.0638. The zero-order chi connectivity index (χ0) is 25.2. The number of carboxylic acid groups (broad SMARTS) is 1. The summed E-state index contributed by atoms with van der Waals surface area (Å²) >= 11 is 0. The highest BCUT2D eigenvalue weighted by Gasteiger charge is 2.31. The first-order valence-corrected chi connectivity index (χ1v) is 11.7. The Balaban J connectivity index is 1.51. The largest absolute Gasteiger partial charge is 0.494 e. The number of aliphatic carboxylic acids is 1. The molecule has 1 N–H and O–H groups in total. The van der Waals surface area contributed by atoms with E-state index in [1.165, 1.54) is 19.2 Å².